The first-order chi connectivity index (χ1) is 10.1. The summed E-state index contributed by atoms with van der Waals surface area (Å²) in [5, 5.41) is 13.0. The molecule has 5 nitrogen and oxygen atoms in total. The number of aliphatic hydroxyl groups excluding tert-OH is 1. The monoisotopic (exact) mass is 309 g/mol. The van der Waals surface area contributed by atoms with Crippen LogP contribution in [0.4, 0.5) is 0 Å². The zero-order valence-electron chi connectivity index (χ0n) is 11.5. The number of furan rings is 1. The third-order valence-corrected chi connectivity index (χ3v) is 3.22. The van der Waals surface area contributed by atoms with Crippen molar-refractivity contribution in [3.8, 4) is 5.75 Å². The van der Waals surface area contributed by atoms with Gasteiger partial charge in [0.2, 0.25) is 0 Å². The summed E-state index contributed by atoms with van der Waals surface area (Å²) in [5.74, 6) is 0.620. The first-order valence-electron chi connectivity index (χ1n) is 6.45. The van der Waals surface area contributed by atoms with E-state index >= 15 is 0 Å². The van der Waals surface area contributed by atoms with Crippen LogP contribution in [0.3, 0.4) is 0 Å². The van der Waals surface area contributed by atoms with E-state index in [1.165, 1.54) is 13.4 Å². The van der Waals surface area contributed by atoms with Crippen molar-refractivity contribution < 1.29 is 19.1 Å². The average Bonchev–Trinajstić information content (AvgIpc) is 3.01. The van der Waals surface area contributed by atoms with Crippen molar-refractivity contribution in [3.05, 3.63) is 52.9 Å². The lowest BCUT2D eigenvalue weighted by Crippen LogP contribution is -2.26. The number of hydrogen-bond acceptors (Lipinski definition) is 4. The number of benzene rings is 1. The molecule has 2 N–H and O–H groups in total. The Morgan fingerprint density at radius 1 is 1.48 bits per heavy atom. The SMILES string of the molecule is COc1ccc(Cl)cc1C(=O)NCC[C@@H](O)c1ccco1. The van der Waals surface area contributed by atoms with Crippen LogP contribution in [0.5, 0.6) is 5.75 Å². The zero-order valence-corrected chi connectivity index (χ0v) is 12.3. The second kappa shape index (κ2) is 7.15. The van der Waals surface area contributed by atoms with Gasteiger partial charge in [0.05, 0.1) is 18.9 Å². The lowest BCUT2D eigenvalue weighted by Gasteiger charge is -2.11. The van der Waals surface area contributed by atoms with Gasteiger partial charge in [0.1, 0.15) is 17.6 Å². The summed E-state index contributed by atoms with van der Waals surface area (Å²) in [4.78, 5) is 12.1. The number of carbonyl (C=O) groups is 1. The number of aliphatic hydroxyl groups is 1. The van der Waals surface area contributed by atoms with E-state index in [0.717, 1.165) is 0 Å². The maximum absolute atomic E-state index is 12.1. The van der Waals surface area contributed by atoms with Crippen molar-refractivity contribution in [1.82, 2.24) is 5.32 Å². The molecule has 1 aromatic carbocycles. The Balaban J connectivity index is 1.91. The van der Waals surface area contributed by atoms with Crippen LogP contribution in [-0.4, -0.2) is 24.7 Å². The summed E-state index contributed by atoms with van der Waals surface area (Å²) >= 11 is 5.88. The maximum Gasteiger partial charge on any atom is 0.255 e. The number of amides is 1. The lowest BCUT2D eigenvalue weighted by atomic mass is 10.1. The summed E-state index contributed by atoms with van der Waals surface area (Å²) in [7, 11) is 1.49. The van der Waals surface area contributed by atoms with Gasteiger partial charge in [-0.05, 0) is 36.8 Å². The molecule has 6 heteroatoms. The maximum atomic E-state index is 12.1. The van der Waals surface area contributed by atoms with Gasteiger partial charge in [-0.2, -0.15) is 0 Å². The number of ether oxygens (including phenoxy) is 1. The quantitative estimate of drug-likeness (QED) is 0.860. The molecule has 112 valence electrons. The summed E-state index contributed by atoms with van der Waals surface area (Å²) in [6.45, 7) is 0.302. The Morgan fingerprint density at radius 3 is 2.95 bits per heavy atom. The average molecular weight is 310 g/mol. The van der Waals surface area contributed by atoms with Crippen LogP contribution < -0.4 is 10.1 Å². The fourth-order valence-electron chi connectivity index (χ4n) is 1.90. The highest BCUT2D eigenvalue weighted by molar-refractivity contribution is 6.31. The molecular formula is C15H16ClNO4. The van der Waals surface area contributed by atoms with Crippen LogP contribution in [0.25, 0.3) is 0 Å². The van der Waals surface area contributed by atoms with Gasteiger partial charge in [0.25, 0.3) is 5.91 Å². The van der Waals surface area contributed by atoms with E-state index < -0.39 is 6.10 Å². The second-order valence-electron chi connectivity index (χ2n) is 4.42. The van der Waals surface area contributed by atoms with Crippen molar-refractivity contribution in [2.24, 2.45) is 0 Å². The smallest absolute Gasteiger partial charge is 0.255 e. The summed E-state index contributed by atoms with van der Waals surface area (Å²) in [6, 6.07) is 8.21. The van der Waals surface area contributed by atoms with Gasteiger partial charge in [-0.15, -0.1) is 0 Å². The Bertz CT molecular complexity index is 598. The Hall–Kier alpha value is -1.98. The molecule has 0 bridgehead atoms. The molecule has 0 saturated heterocycles. The molecule has 2 aromatic rings. The highest BCUT2D eigenvalue weighted by atomic mass is 35.5. The molecule has 0 aliphatic heterocycles. The molecule has 2 rings (SSSR count). The van der Waals surface area contributed by atoms with Gasteiger partial charge in [-0.25, -0.2) is 0 Å². The van der Waals surface area contributed by atoms with Gasteiger partial charge < -0.3 is 19.6 Å². The van der Waals surface area contributed by atoms with Crippen molar-refractivity contribution in [2.75, 3.05) is 13.7 Å². The Morgan fingerprint density at radius 2 is 2.29 bits per heavy atom. The van der Waals surface area contributed by atoms with Crippen molar-refractivity contribution in [2.45, 2.75) is 12.5 Å². The molecule has 0 aliphatic rings. The summed E-state index contributed by atoms with van der Waals surface area (Å²) in [6.07, 6.45) is 1.09. The number of methoxy groups -OCH3 is 1. The number of carbonyl (C=O) groups excluding carboxylic acids is 1. The summed E-state index contributed by atoms with van der Waals surface area (Å²) in [5.41, 5.74) is 0.359. The lowest BCUT2D eigenvalue weighted by molar-refractivity contribution is 0.0933. The predicted molar refractivity (Wildman–Crippen MR) is 78.6 cm³/mol. The largest absolute Gasteiger partial charge is 0.496 e. The van der Waals surface area contributed by atoms with Crippen LogP contribution in [0.15, 0.2) is 41.0 Å². The van der Waals surface area contributed by atoms with Gasteiger partial charge in [0, 0.05) is 11.6 Å². The van der Waals surface area contributed by atoms with E-state index in [9.17, 15) is 9.90 Å². The minimum atomic E-state index is -0.749. The van der Waals surface area contributed by atoms with Gasteiger partial charge in [0.15, 0.2) is 0 Å². The molecule has 1 aromatic heterocycles. The zero-order chi connectivity index (χ0) is 15.2. The highest BCUT2D eigenvalue weighted by Gasteiger charge is 2.14. The van der Waals surface area contributed by atoms with E-state index in [0.29, 0.717) is 35.1 Å². The van der Waals surface area contributed by atoms with Crippen LogP contribution in [-0.2, 0) is 0 Å². The molecule has 0 unspecified atom stereocenters. The van der Waals surface area contributed by atoms with E-state index in [2.05, 4.69) is 5.32 Å². The third kappa shape index (κ3) is 4.00. The van der Waals surface area contributed by atoms with E-state index in [4.69, 9.17) is 20.8 Å². The first kappa shape index (κ1) is 15.4. The number of hydrogen-bond donors (Lipinski definition) is 2. The van der Waals surface area contributed by atoms with Crippen LogP contribution in [0.1, 0.15) is 28.6 Å². The van der Waals surface area contributed by atoms with Crippen LogP contribution in [0, 0.1) is 0 Å². The predicted octanol–water partition coefficient (Wildman–Crippen LogP) is 2.80. The molecule has 1 heterocycles. The van der Waals surface area contributed by atoms with Crippen molar-refractivity contribution >= 4 is 17.5 Å². The molecule has 0 fully saturated rings. The molecule has 0 saturated carbocycles. The molecule has 21 heavy (non-hydrogen) atoms. The van der Waals surface area contributed by atoms with E-state index in [1.54, 1.807) is 30.3 Å². The molecule has 0 aliphatic carbocycles. The molecular weight excluding hydrogens is 294 g/mol. The topological polar surface area (TPSA) is 71.7 Å². The Labute approximate surface area is 127 Å². The van der Waals surface area contributed by atoms with Crippen molar-refractivity contribution in [1.29, 1.82) is 0 Å². The second-order valence-corrected chi connectivity index (χ2v) is 4.86. The minimum absolute atomic E-state index is 0.302. The van der Waals surface area contributed by atoms with Crippen LogP contribution in [0.2, 0.25) is 5.02 Å². The number of nitrogens with one attached hydrogen (secondary N) is 1. The third-order valence-electron chi connectivity index (χ3n) is 2.98. The molecule has 1 atom stereocenters. The van der Waals surface area contributed by atoms with Gasteiger partial charge in [-0.1, -0.05) is 11.6 Å². The molecule has 1 amide bonds. The number of halogens is 1. The Kier molecular flexibility index (Phi) is 5.25. The number of rotatable bonds is 6. The fourth-order valence-corrected chi connectivity index (χ4v) is 2.07. The minimum Gasteiger partial charge on any atom is -0.496 e. The van der Waals surface area contributed by atoms with Crippen molar-refractivity contribution in [3.63, 3.8) is 0 Å². The molecule has 0 radical (unpaired) electrons. The van der Waals surface area contributed by atoms with E-state index in [1.807, 2.05) is 0 Å². The highest BCUT2D eigenvalue weighted by Crippen LogP contribution is 2.22. The normalized spacial score (nSPS) is 12.0. The van der Waals surface area contributed by atoms with Gasteiger partial charge >= 0.3 is 0 Å². The first-order valence-corrected chi connectivity index (χ1v) is 6.83. The molecule has 0 spiro atoms. The van der Waals surface area contributed by atoms with Gasteiger partial charge in [-0.3, -0.25) is 4.79 Å². The summed E-state index contributed by atoms with van der Waals surface area (Å²) < 4.78 is 10.2. The standard InChI is InChI=1S/C15H16ClNO4/c1-20-13-5-4-10(16)9-11(13)15(19)17-7-6-12(18)14-3-2-8-21-14/h2-5,8-9,12,18H,6-7H2,1H3,(H,17,19)/t12-/m1/s1. The fraction of sp³-hybridized carbons (Fsp3) is 0.267. The van der Waals surface area contributed by atoms with E-state index in [-0.39, 0.29) is 5.91 Å². The van der Waals surface area contributed by atoms with Crippen LogP contribution >= 0.6 is 11.6 Å².